The molecule has 86 valence electrons. The Morgan fingerprint density at radius 1 is 1.44 bits per heavy atom. The van der Waals surface area contributed by atoms with Gasteiger partial charge < -0.3 is 10.0 Å². The molecule has 2 heteroatoms. The van der Waals surface area contributed by atoms with Crippen molar-refractivity contribution in [2.24, 2.45) is 0 Å². The molecule has 1 atom stereocenters. The Bertz CT molecular complexity index is 365. The Balaban J connectivity index is 3.03. The van der Waals surface area contributed by atoms with Crippen molar-refractivity contribution in [3.05, 3.63) is 29.8 Å². The third-order valence-electron chi connectivity index (χ3n) is 2.50. The van der Waals surface area contributed by atoms with Crippen LogP contribution in [0.3, 0.4) is 0 Å². The van der Waals surface area contributed by atoms with Crippen molar-refractivity contribution in [3.63, 3.8) is 0 Å². The predicted octanol–water partition coefficient (Wildman–Crippen LogP) is 2.59. The van der Waals surface area contributed by atoms with Crippen LogP contribution in [0.4, 0.5) is 5.69 Å². The zero-order valence-corrected chi connectivity index (χ0v) is 9.98. The molecule has 0 amide bonds. The molecule has 0 aromatic heterocycles. The number of terminal acetylenes is 1. The molecular weight excluding hydrogens is 198 g/mol. The topological polar surface area (TPSA) is 23.5 Å². The highest BCUT2D eigenvalue weighted by Gasteiger charge is 2.12. The molecule has 0 saturated heterocycles. The lowest BCUT2D eigenvalue weighted by Gasteiger charge is -2.25. The summed E-state index contributed by atoms with van der Waals surface area (Å²) in [5.41, 5.74) is 1.98. The second-order valence-electron chi connectivity index (χ2n) is 3.86. The molecule has 1 N–H and O–H groups in total. The van der Waals surface area contributed by atoms with Crippen LogP contribution in [0.2, 0.25) is 0 Å². The van der Waals surface area contributed by atoms with Gasteiger partial charge in [-0.25, -0.2) is 0 Å². The van der Waals surface area contributed by atoms with Crippen LogP contribution in [0.1, 0.15) is 31.9 Å². The van der Waals surface area contributed by atoms with Crippen LogP contribution in [-0.2, 0) is 0 Å². The van der Waals surface area contributed by atoms with Crippen molar-refractivity contribution >= 4 is 5.69 Å². The van der Waals surface area contributed by atoms with Crippen molar-refractivity contribution in [2.45, 2.75) is 26.4 Å². The van der Waals surface area contributed by atoms with E-state index in [2.05, 4.69) is 17.7 Å². The minimum Gasteiger partial charge on any atom is -0.389 e. The van der Waals surface area contributed by atoms with Gasteiger partial charge in [0.2, 0.25) is 0 Å². The van der Waals surface area contributed by atoms with E-state index in [9.17, 15) is 5.11 Å². The van der Waals surface area contributed by atoms with Crippen LogP contribution >= 0.6 is 0 Å². The fourth-order valence-electron chi connectivity index (χ4n) is 1.79. The fourth-order valence-corrected chi connectivity index (χ4v) is 1.79. The van der Waals surface area contributed by atoms with Gasteiger partial charge in [-0.2, -0.15) is 0 Å². The molecule has 0 aliphatic rings. The SMILES string of the molecule is C#CCN(CCC)c1ccccc1[C@H](C)O. The van der Waals surface area contributed by atoms with E-state index in [0.29, 0.717) is 6.54 Å². The van der Waals surface area contributed by atoms with E-state index in [1.54, 1.807) is 6.92 Å². The number of aliphatic hydroxyl groups excluding tert-OH is 1. The van der Waals surface area contributed by atoms with Crippen molar-refractivity contribution in [1.82, 2.24) is 0 Å². The van der Waals surface area contributed by atoms with Crippen molar-refractivity contribution in [3.8, 4) is 12.3 Å². The number of aliphatic hydroxyl groups is 1. The number of hydrogen-bond donors (Lipinski definition) is 1. The zero-order chi connectivity index (χ0) is 12.0. The predicted molar refractivity (Wildman–Crippen MR) is 68.4 cm³/mol. The Morgan fingerprint density at radius 2 is 2.12 bits per heavy atom. The van der Waals surface area contributed by atoms with Crippen LogP contribution in [0.5, 0.6) is 0 Å². The lowest BCUT2D eigenvalue weighted by molar-refractivity contribution is 0.199. The fraction of sp³-hybridized carbons (Fsp3) is 0.429. The van der Waals surface area contributed by atoms with Crippen molar-refractivity contribution in [1.29, 1.82) is 0 Å². The van der Waals surface area contributed by atoms with E-state index in [1.807, 2.05) is 24.3 Å². The maximum absolute atomic E-state index is 9.71. The highest BCUT2D eigenvalue weighted by Crippen LogP contribution is 2.25. The standard InChI is InChI=1S/C14H19NO/c1-4-10-15(11-5-2)14-9-7-6-8-13(14)12(3)16/h1,6-9,12,16H,5,10-11H2,2-3H3/t12-/m0/s1. The van der Waals surface area contributed by atoms with E-state index in [0.717, 1.165) is 24.2 Å². The van der Waals surface area contributed by atoms with Crippen molar-refractivity contribution in [2.75, 3.05) is 18.0 Å². The van der Waals surface area contributed by atoms with E-state index >= 15 is 0 Å². The average molecular weight is 217 g/mol. The number of benzene rings is 1. The molecule has 0 fully saturated rings. The molecular formula is C14H19NO. The quantitative estimate of drug-likeness (QED) is 0.766. The van der Waals surface area contributed by atoms with Crippen LogP contribution in [0, 0.1) is 12.3 Å². The monoisotopic (exact) mass is 217 g/mol. The molecule has 2 nitrogen and oxygen atoms in total. The minimum absolute atomic E-state index is 0.465. The summed E-state index contributed by atoms with van der Waals surface area (Å²) in [5.74, 6) is 2.66. The first-order valence-electron chi connectivity index (χ1n) is 5.66. The summed E-state index contributed by atoms with van der Waals surface area (Å²) < 4.78 is 0. The average Bonchev–Trinajstić information content (AvgIpc) is 2.29. The maximum atomic E-state index is 9.71. The van der Waals surface area contributed by atoms with E-state index in [1.165, 1.54) is 0 Å². The van der Waals surface area contributed by atoms with Crippen molar-refractivity contribution < 1.29 is 5.11 Å². The summed E-state index contributed by atoms with van der Waals surface area (Å²) in [6.45, 7) is 5.39. The highest BCUT2D eigenvalue weighted by atomic mass is 16.3. The maximum Gasteiger partial charge on any atom is 0.0791 e. The van der Waals surface area contributed by atoms with Crippen LogP contribution in [0.25, 0.3) is 0 Å². The van der Waals surface area contributed by atoms with Gasteiger partial charge >= 0.3 is 0 Å². The summed E-state index contributed by atoms with van der Waals surface area (Å²) >= 11 is 0. The number of para-hydroxylation sites is 1. The van der Waals surface area contributed by atoms with E-state index < -0.39 is 6.10 Å². The minimum atomic E-state index is -0.465. The van der Waals surface area contributed by atoms with E-state index in [4.69, 9.17) is 6.42 Å². The molecule has 1 aromatic carbocycles. The largest absolute Gasteiger partial charge is 0.389 e. The van der Waals surface area contributed by atoms with E-state index in [-0.39, 0.29) is 0 Å². The summed E-state index contributed by atoms with van der Waals surface area (Å²) in [5, 5.41) is 9.71. The molecule has 0 unspecified atom stereocenters. The van der Waals surface area contributed by atoms with Gasteiger partial charge in [0.1, 0.15) is 0 Å². The number of hydrogen-bond acceptors (Lipinski definition) is 2. The highest BCUT2D eigenvalue weighted by molar-refractivity contribution is 5.55. The van der Waals surface area contributed by atoms with Gasteiger partial charge in [-0.3, -0.25) is 0 Å². The van der Waals surface area contributed by atoms with Gasteiger partial charge in [0.15, 0.2) is 0 Å². The Labute approximate surface area is 97.9 Å². The lowest BCUT2D eigenvalue weighted by Crippen LogP contribution is -2.25. The molecule has 0 radical (unpaired) electrons. The van der Waals surface area contributed by atoms with Gasteiger partial charge in [-0.15, -0.1) is 6.42 Å². The molecule has 0 aliphatic heterocycles. The first kappa shape index (κ1) is 12.6. The summed E-state index contributed by atoms with van der Waals surface area (Å²) in [6, 6.07) is 7.86. The molecule has 1 rings (SSSR count). The first-order valence-corrected chi connectivity index (χ1v) is 5.66. The molecule has 1 aromatic rings. The number of anilines is 1. The smallest absolute Gasteiger partial charge is 0.0791 e. The van der Waals surface area contributed by atoms with Gasteiger partial charge in [0, 0.05) is 17.8 Å². The van der Waals surface area contributed by atoms with Gasteiger partial charge in [-0.05, 0) is 19.4 Å². The molecule has 16 heavy (non-hydrogen) atoms. The first-order chi connectivity index (χ1) is 7.70. The molecule has 0 spiro atoms. The molecule has 0 heterocycles. The second-order valence-corrected chi connectivity index (χ2v) is 3.86. The molecule has 0 aliphatic carbocycles. The number of nitrogens with zero attached hydrogens (tertiary/aromatic N) is 1. The summed E-state index contributed by atoms with van der Waals surface area (Å²) in [7, 11) is 0. The third kappa shape index (κ3) is 3.01. The Hall–Kier alpha value is -1.46. The van der Waals surface area contributed by atoms with Crippen LogP contribution in [0.15, 0.2) is 24.3 Å². The Morgan fingerprint density at radius 3 is 2.69 bits per heavy atom. The molecule has 0 bridgehead atoms. The zero-order valence-electron chi connectivity index (χ0n) is 9.98. The summed E-state index contributed by atoms with van der Waals surface area (Å²) in [6.07, 6.45) is 5.94. The molecule has 0 saturated carbocycles. The summed E-state index contributed by atoms with van der Waals surface area (Å²) in [4.78, 5) is 2.13. The lowest BCUT2D eigenvalue weighted by atomic mass is 10.1. The number of rotatable bonds is 5. The third-order valence-corrected chi connectivity index (χ3v) is 2.50. The van der Waals surface area contributed by atoms with Gasteiger partial charge in [-0.1, -0.05) is 31.0 Å². The van der Waals surface area contributed by atoms with Gasteiger partial charge in [0.25, 0.3) is 0 Å². The van der Waals surface area contributed by atoms with Crippen LogP contribution < -0.4 is 4.90 Å². The Kier molecular flexibility index (Phi) is 4.88. The van der Waals surface area contributed by atoms with Gasteiger partial charge in [0.05, 0.1) is 12.6 Å². The normalized spacial score (nSPS) is 11.9. The second kappa shape index (κ2) is 6.19. The van der Waals surface area contributed by atoms with Crippen LogP contribution in [-0.4, -0.2) is 18.2 Å².